The molecule has 108 valence electrons. The van der Waals surface area contributed by atoms with Crippen molar-refractivity contribution < 1.29 is 19.5 Å². The fourth-order valence-corrected chi connectivity index (χ4v) is 1.29. The van der Waals surface area contributed by atoms with Gasteiger partial charge in [0.15, 0.2) is 0 Å². The van der Waals surface area contributed by atoms with Crippen molar-refractivity contribution in [3.8, 4) is 0 Å². The largest absolute Gasteiger partial charge is 0.480 e. The van der Waals surface area contributed by atoms with Gasteiger partial charge in [0.05, 0.1) is 0 Å². The zero-order chi connectivity index (χ0) is 15.0. The van der Waals surface area contributed by atoms with Crippen LogP contribution in [0.4, 0.5) is 4.79 Å². The summed E-state index contributed by atoms with van der Waals surface area (Å²) in [6.45, 7) is 8.24. The highest BCUT2D eigenvalue weighted by Crippen LogP contribution is 1.93. The van der Waals surface area contributed by atoms with Crippen molar-refractivity contribution in [2.24, 2.45) is 0 Å². The second kappa shape index (κ2) is 8.12. The Morgan fingerprint density at radius 2 is 1.84 bits per heavy atom. The van der Waals surface area contributed by atoms with E-state index in [1.165, 1.54) is 13.0 Å². The summed E-state index contributed by atoms with van der Waals surface area (Å²) < 4.78 is 0. The number of nitrogens with one attached hydrogen (secondary N) is 2. The number of nitrogens with zero attached hydrogens (tertiary/aromatic N) is 1. The number of rotatable bonds is 7. The van der Waals surface area contributed by atoms with E-state index >= 15 is 0 Å². The minimum Gasteiger partial charge on any atom is -0.480 e. The maximum atomic E-state index is 11.8. The van der Waals surface area contributed by atoms with E-state index in [0.29, 0.717) is 0 Å². The lowest BCUT2D eigenvalue weighted by atomic mass is 10.3. The summed E-state index contributed by atoms with van der Waals surface area (Å²) >= 11 is 0. The quantitative estimate of drug-likeness (QED) is 0.575. The molecule has 19 heavy (non-hydrogen) atoms. The van der Waals surface area contributed by atoms with Crippen LogP contribution in [0.15, 0.2) is 12.7 Å². The number of carbonyl (C=O) groups is 3. The molecule has 0 bridgehead atoms. The van der Waals surface area contributed by atoms with Crippen LogP contribution >= 0.6 is 0 Å². The van der Waals surface area contributed by atoms with Crippen LogP contribution in [0.1, 0.15) is 20.8 Å². The second-order valence-corrected chi connectivity index (χ2v) is 4.40. The number of urea groups is 1. The summed E-state index contributed by atoms with van der Waals surface area (Å²) in [5.74, 6) is -1.45. The van der Waals surface area contributed by atoms with Gasteiger partial charge in [0.1, 0.15) is 12.6 Å². The Morgan fingerprint density at radius 3 is 2.26 bits per heavy atom. The topological polar surface area (TPSA) is 98.7 Å². The Balaban J connectivity index is 4.49. The molecule has 0 rings (SSSR count). The van der Waals surface area contributed by atoms with Crippen molar-refractivity contribution in [3.05, 3.63) is 12.7 Å². The third-order valence-electron chi connectivity index (χ3n) is 2.13. The van der Waals surface area contributed by atoms with Crippen LogP contribution in [0.5, 0.6) is 0 Å². The molecule has 0 saturated heterocycles. The van der Waals surface area contributed by atoms with E-state index in [2.05, 4.69) is 17.2 Å². The molecule has 0 heterocycles. The molecule has 0 aromatic rings. The Bertz CT molecular complexity index is 355. The van der Waals surface area contributed by atoms with Gasteiger partial charge in [-0.05, 0) is 20.8 Å². The summed E-state index contributed by atoms with van der Waals surface area (Å²) in [4.78, 5) is 35.1. The van der Waals surface area contributed by atoms with E-state index in [1.54, 1.807) is 13.8 Å². The lowest BCUT2D eigenvalue weighted by Crippen LogP contribution is -2.51. The maximum Gasteiger partial charge on any atom is 0.323 e. The van der Waals surface area contributed by atoms with E-state index in [4.69, 9.17) is 5.11 Å². The number of amides is 3. The first-order valence-corrected chi connectivity index (χ1v) is 5.96. The molecular weight excluding hydrogens is 250 g/mol. The minimum atomic E-state index is -1.13. The molecule has 7 nitrogen and oxygen atoms in total. The first kappa shape index (κ1) is 16.9. The predicted molar refractivity (Wildman–Crippen MR) is 70.7 cm³/mol. The Hall–Kier alpha value is -2.05. The summed E-state index contributed by atoms with van der Waals surface area (Å²) in [5.41, 5.74) is 0. The number of carboxylic acid groups (broad SMARTS) is 1. The Morgan fingerprint density at radius 1 is 1.26 bits per heavy atom. The van der Waals surface area contributed by atoms with E-state index in [1.807, 2.05) is 0 Å². The van der Waals surface area contributed by atoms with Gasteiger partial charge >= 0.3 is 12.0 Å². The summed E-state index contributed by atoms with van der Waals surface area (Å²) in [7, 11) is 0. The molecule has 3 N–H and O–H groups in total. The molecule has 1 atom stereocenters. The van der Waals surface area contributed by atoms with Crippen LogP contribution in [-0.2, 0) is 9.59 Å². The Kier molecular flexibility index (Phi) is 7.25. The standard InChI is InChI=1S/C12H21N3O4/c1-5-6-15(7-10(16)17)12(19)14-9(4)11(18)13-8(2)3/h5,8-9H,1,6-7H2,2-4H3,(H,13,18)(H,14,19)(H,16,17). The highest BCUT2D eigenvalue weighted by atomic mass is 16.4. The zero-order valence-electron chi connectivity index (χ0n) is 11.5. The van der Waals surface area contributed by atoms with Gasteiger partial charge in [-0.1, -0.05) is 6.08 Å². The van der Waals surface area contributed by atoms with Gasteiger partial charge in [-0.3, -0.25) is 9.59 Å². The van der Waals surface area contributed by atoms with Gasteiger partial charge in [0.25, 0.3) is 0 Å². The molecule has 0 aliphatic carbocycles. The number of hydrogen-bond donors (Lipinski definition) is 3. The maximum absolute atomic E-state index is 11.8. The van der Waals surface area contributed by atoms with E-state index < -0.39 is 24.6 Å². The highest BCUT2D eigenvalue weighted by molar-refractivity contribution is 5.88. The van der Waals surface area contributed by atoms with Crippen molar-refractivity contribution in [1.82, 2.24) is 15.5 Å². The minimum absolute atomic E-state index is 0.0323. The van der Waals surface area contributed by atoms with Crippen LogP contribution in [0.25, 0.3) is 0 Å². The number of aliphatic carboxylic acids is 1. The predicted octanol–water partition coefficient (Wildman–Crippen LogP) is 0.182. The lowest BCUT2D eigenvalue weighted by Gasteiger charge is -2.22. The number of hydrogen-bond acceptors (Lipinski definition) is 3. The monoisotopic (exact) mass is 271 g/mol. The van der Waals surface area contributed by atoms with E-state index in [9.17, 15) is 14.4 Å². The van der Waals surface area contributed by atoms with E-state index in [-0.39, 0.29) is 18.5 Å². The van der Waals surface area contributed by atoms with Crippen LogP contribution in [0, 0.1) is 0 Å². The third-order valence-corrected chi connectivity index (χ3v) is 2.13. The molecule has 0 aliphatic heterocycles. The first-order valence-electron chi connectivity index (χ1n) is 5.96. The number of carboxylic acids is 1. The van der Waals surface area contributed by atoms with Crippen molar-refractivity contribution in [2.75, 3.05) is 13.1 Å². The first-order chi connectivity index (χ1) is 8.77. The van der Waals surface area contributed by atoms with Gasteiger partial charge in [-0.2, -0.15) is 0 Å². The molecule has 3 amide bonds. The van der Waals surface area contributed by atoms with Crippen molar-refractivity contribution in [3.63, 3.8) is 0 Å². The van der Waals surface area contributed by atoms with E-state index in [0.717, 1.165) is 4.90 Å². The summed E-state index contributed by atoms with van der Waals surface area (Å²) in [5, 5.41) is 13.8. The van der Waals surface area contributed by atoms with Crippen molar-refractivity contribution >= 4 is 17.9 Å². The van der Waals surface area contributed by atoms with Crippen LogP contribution < -0.4 is 10.6 Å². The SMILES string of the molecule is C=CCN(CC(=O)O)C(=O)NC(C)C(=O)NC(C)C. The molecular formula is C12H21N3O4. The van der Waals surface area contributed by atoms with Crippen LogP contribution in [-0.4, -0.2) is 53.1 Å². The molecule has 0 spiro atoms. The van der Waals surface area contributed by atoms with Crippen molar-refractivity contribution in [2.45, 2.75) is 32.9 Å². The average molecular weight is 271 g/mol. The van der Waals surface area contributed by atoms with Crippen LogP contribution in [0.3, 0.4) is 0 Å². The molecule has 0 aliphatic rings. The average Bonchev–Trinajstić information content (AvgIpc) is 2.26. The third kappa shape index (κ3) is 7.07. The highest BCUT2D eigenvalue weighted by Gasteiger charge is 2.21. The lowest BCUT2D eigenvalue weighted by molar-refractivity contribution is -0.137. The molecule has 0 radical (unpaired) electrons. The van der Waals surface area contributed by atoms with Gasteiger partial charge in [0.2, 0.25) is 5.91 Å². The molecule has 1 unspecified atom stereocenters. The zero-order valence-corrected chi connectivity index (χ0v) is 11.5. The van der Waals surface area contributed by atoms with Crippen LogP contribution in [0.2, 0.25) is 0 Å². The molecule has 0 aromatic heterocycles. The summed E-state index contributed by atoms with van der Waals surface area (Å²) in [6, 6.07) is -1.39. The number of carbonyl (C=O) groups excluding carboxylic acids is 2. The summed E-state index contributed by atoms with van der Waals surface area (Å²) in [6.07, 6.45) is 1.42. The molecule has 0 fully saturated rings. The smallest absolute Gasteiger partial charge is 0.323 e. The van der Waals surface area contributed by atoms with Gasteiger partial charge < -0.3 is 20.6 Å². The Labute approximate surface area is 112 Å². The second-order valence-electron chi connectivity index (χ2n) is 4.40. The van der Waals surface area contributed by atoms with Crippen molar-refractivity contribution in [1.29, 1.82) is 0 Å². The van der Waals surface area contributed by atoms with Gasteiger partial charge in [-0.15, -0.1) is 6.58 Å². The fraction of sp³-hybridized carbons (Fsp3) is 0.583. The molecule has 0 saturated carbocycles. The van der Waals surface area contributed by atoms with Gasteiger partial charge in [0, 0.05) is 12.6 Å². The normalized spacial score (nSPS) is 11.6. The fourth-order valence-electron chi connectivity index (χ4n) is 1.29. The molecule has 0 aromatic carbocycles. The van der Waals surface area contributed by atoms with Gasteiger partial charge in [-0.25, -0.2) is 4.79 Å². The molecule has 7 heteroatoms.